The average molecular weight is 242 g/mol. The molecule has 1 rings (SSSR count). The van der Waals surface area contributed by atoms with Gasteiger partial charge in [-0.25, -0.2) is 4.98 Å². The van der Waals surface area contributed by atoms with Crippen LogP contribution < -0.4 is 11.1 Å². The molecular weight excluding hydrogens is 230 g/mol. The average Bonchev–Trinajstić information content (AvgIpc) is 2.15. The van der Waals surface area contributed by atoms with Crippen molar-refractivity contribution in [2.45, 2.75) is 6.92 Å². The molecule has 0 saturated heterocycles. The van der Waals surface area contributed by atoms with Crippen LogP contribution in [0.4, 0.5) is 5.82 Å². The summed E-state index contributed by atoms with van der Waals surface area (Å²) in [5.41, 5.74) is 7.36. The fourth-order valence-corrected chi connectivity index (χ4v) is 1.41. The molecule has 0 atom stereocenters. The van der Waals surface area contributed by atoms with Crippen LogP contribution in [-0.4, -0.2) is 10.3 Å². The molecule has 1 heterocycles. The first-order valence-corrected chi connectivity index (χ1v) is 5.05. The summed E-state index contributed by atoms with van der Waals surface area (Å²) in [6.07, 6.45) is 1.74. The highest BCUT2D eigenvalue weighted by atomic mass is 79.9. The molecule has 0 aliphatic carbocycles. The lowest BCUT2D eigenvalue weighted by Gasteiger charge is -2.08. The van der Waals surface area contributed by atoms with Crippen LogP contribution in [0.25, 0.3) is 0 Å². The number of nitrogens with zero attached hydrogens (tertiary/aromatic N) is 1. The number of halogens is 1. The zero-order valence-corrected chi connectivity index (χ0v) is 9.01. The first kappa shape index (κ1) is 10.1. The predicted octanol–water partition coefficient (Wildman–Crippen LogP) is 2.08. The van der Waals surface area contributed by atoms with Crippen molar-refractivity contribution in [2.75, 3.05) is 10.6 Å². The van der Waals surface area contributed by atoms with E-state index in [1.807, 2.05) is 25.1 Å². The fraction of sp³-hybridized carbons (Fsp3) is 0.222. The highest BCUT2D eigenvalue weighted by Crippen LogP contribution is 2.08. The summed E-state index contributed by atoms with van der Waals surface area (Å²) in [6.45, 7) is 1.85. The van der Waals surface area contributed by atoms with Gasteiger partial charge in [0, 0.05) is 22.9 Å². The molecular formula is C9H12BrN3. The second-order valence-electron chi connectivity index (χ2n) is 2.64. The first-order chi connectivity index (χ1) is 6.24. The normalized spacial score (nSPS) is 12.2. The van der Waals surface area contributed by atoms with Gasteiger partial charge in [-0.1, -0.05) is 22.0 Å². The zero-order valence-electron chi connectivity index (χ0n) is 7.42. The number of nitrogens with two attached hydrogens (primary N) is 1. The van der Waals surface area contributed by atoms with Crippen LogP contribution >= 0.6 is 15.9 Å². The predicted molar refractivity (Wildman–Crippen MR) is 58.5 cm³/mol. The third kappa shape index (κ3) is 3.06. The smallest absolute Gasteiger partial charge is 0.130 e. The maximum atomic E-state index is 5.65. The second-order valence-corrected chi connectivity index (χ2v) is 3.20. The lowest BCUT2D eigenvalue weighted by molar-refractivity contribution is 1.18. The molecule has 0 amide bonds. The van der Waals surface area contributed by atoms with Gasteiger partial charge in [0.15, 0.2) is 0 Å². The monoisotopic (exact) mass is 241 g/mol. The van der Waals surface area contributed by atoms with E-state index in [9.17, 15) is 0 Å². The number of allylic oxidation sites excluding steroid dienone is 2. The SMILES string of the molecule is C/C(N)=C(\CBr)Nc1ccccn1. The third-order valence-electron chi connectivity index (χ3n) is 1.55. The molecule has 1 aromatic rings. The van der Waals surface area contributed by atoms with E-state index in [4.69, 9.17) is 5.73 Å². The molecule has 0 aliphatic rings. The van der Waals surface area contributed by atoms with Crippen molar-refractivity contribution >= 4 is 21.7 Å². The van der Waals surface area contributed by atoms with Crippen LogP contribution in [0.3, 0.4) is 0 Å². The lowest BCUT2D eigenvalue weighted by Crippen LogP contribution is -2.09. The Hall–Kier alpha value is -1.03. The fourth-order valence-electron chi connectivity index (χ4n) is 0.829. The Morgan fingerprint density at radius 3 is 2.85 bits per heavy atom. The van der Waals surface area contributed by atoms with Gasteiger partial charge < -0.3 is 11.1 Å². The van der Waals surface area contributed by atoms with Crippen molar-refractivity contribution in [3.8, 4) is 0 Å². The van der Waals surface area contributed by atoms with Crippen LogP contribution in [0.5, 0.6) is 0 Å². The number of hydrogen-bond acceptors (Lipinski definition) is 3. The van der Waals surface area contributed by atoms with Gasteiger partial charge in [-0.3, -0.25) is 0 Å². The Kier molecular flexibility index (Phi) is 3.76. The topological polar surface area (TPSA) is 50.9 Å². The largest absolute Gasteiger partial charge is 0.401 e. The molecule has 0 unspecified atom stereocenters. The van der Waals surface area contributed by atoms with E-state index in [0.29, 0.717) is 5.33 Å². The van der Waals surface area contributed by atoms with Crippen molar-refractivity contribution in [3.05, 3.63) is 35.8 Å². The van der Waals surface area contributed by atoms with E-state index in [0.717, 1.165) is 17.2 Å². The molecule has 3 N–H and O–H groups in total. The summed E-state index contributed by atoms with van der Waals surface area (Å²) >= 11 is 3.35. The van der Waals surface area contributed by atoms with Crippen LogP contribution in [0.1, 0.15) is 6.92 Å². The quantitative estimate of drug-likeness (QED) is 0.798. The van der Waals surface area contributed by atoms with Gasteiger partial charge in [-0.05, 0) is 19.1 Å². The van der Waals surface area contributed by atoms with Gasteiger partial charge in [-0.15, -0.1) is 0 Å². The van der Waals surface area contributed by atoms with Gasteiger partial charge in [-0.2, -0.15) is 0 Å². The van der Waals surface area contributed by atoms with Crippen molar-refractivity contribution in [2.24, 2.45) is 5.73 Å². The number of aromatic nitrogens is 1. The zero-order chi connectivity index (χ0) is 9.68. The van der Waals surface area contributed by atoms with E-state index in [2.05, 4.69) is 26.2 Å². The Morgan fingerprint density at radius 1 is 1.62 bits per heavy atom. The van der Waals surface area contributed by atoms with Crippen molar-refractivity contribution in [1.29, 1.82) is 0 Å². The number of nitrogens with one attached hydrogen (secondary N) is 1. The summed E-state index contributed by atoms with van der Waals surface area (Å²) in [6, 6.07) is 5.69. The highest BCUT2D eigenvalue weighted by Gasteiger charge is 1.98. The minimum Gasteiger partial charge on any atom is -0.401 e. The van der Waals surface area contributed by atoms with Crippen LogP contribution in [0.2, 0.25) is 0 Å². The Labute approximate surface area is 86.2 Å². The van der Waals surface area contributed by atoms with E-state index in [1.165, 1.54) is 0 Å². The summed E-state index contributed by atoms with van der Waals surface area (Å²) in [5, 5.41) is 3.83. The molecule has 0 aliphatic heterocycles. The lowest BCUT2D eigenvalue weighted by atomic mass is 10.3. The summed E-state index contributed by atoms with van der Waals surface area (Å²) in [4.78, 5) is 4.13. The van der Waals surface area contributed by atoms with Crippen LogP contribution in [-0.2, 0) is 0 Å². The minimum atomic E-state index is 0.700. The van der Waals surface area contributed by atoms with Gasteiger partial charge in [0.25, 0.3) is 0 Å². The van der Waals surface area contributed by atoms with Gasteiger partial charge in [0.05, 0.1) is 0 Å². The van der Waals surface area contributed by atoms with Crippen molar-refractivity contribution in [1.82, 2.24) is 4.98 Å². The van der Waals surface area contributed by atoms with Crippen molar-refractivity contribution in [3.63, 3.8) is 0 Å². The maximum Gasteiger partial charge on any atom is 0.130 e. The Morgan fingerprint density at radius 2 is 2.38 bits per heavy atom. The number of anilines is 1. The molecule has 4 heteroatoms. The molecule has 0 spiro atoms. The summed E-state index contributed by atoms with van der Waals surface area (Å²) in [7, 11) is 0. The Balaban J connectivity index is 2.74. The molecule has 1 aromatic heterocycles. The van der Waals surface area contributed by atoms with E-state index < -0.39 is 0 Å². The molecule has 0 radical (unpaired) electrons. The first-order valence-electron chi connectivity index (χ1n) is 3.93. The molecule has 70 valence electrons. The van der Waals surface area contributed by atoms with Crippen LogP contribution in [0, 0.1) is 0 Å². The number of pyridine rings is 1. The summed E-state index contributed by atoms with van der Waals surface area (Å²) < 4.78 is 0. The molecule has 0 aromatic carbocycles. The van der Waals surface area contributed by atoms with E-state index >= 15 is 0 Å². The molecule has 3 nitrogen and oxygen atoms in total. The molecule has 0 fully saturated rings. The third-order valence-corrected chi connectivity index (χ3v) is 2.11. The number of rotatable bonds is 3. The minimum absolute atomic E-state index is 0.700. The molecule has 13 heavy (non-hydrogen) atoms. The van der Waals surface area contributed by atoms with Gasteiger partial charge in [0.1, 0.15) is 5.82 Å². The number of alkyl halides is 1. The van der Waals surface area contributed by atoms with Gasteiger partial charge in [0.2, 0.25) is 0 Å². The molecule has 0 saturated carbocycles. The second kappa shape index (κ2) is 4.87. The van der Waals surface area contributed by atoms with Gasteiger partial charge >= 0.3 is 0 Å². The van der Waals surface area contributed by atoms with E-state index in [1.54, 1.807) is 6.20 Å². The highest BCUT2D eigenvalue weighted by molar-refractivity contribution is 9.09. The van der Waals surface area contributed by atoms with E-state index in [-0.39, 0.29) is 0 Å². The maximum absolute atomic E-state index is 5.65. The van der Waals surface area contributed by atoms with Crippen LogP contribution in [0.15, 0.2) is 35.8 Å². The molecule has 0 bridgehead atoms. The number of hydrogen-bond donors (Lipinski definition) is 2. The Bertz CT molecular complexity index is 291. The van der Waals surface area contributed by atoms with Crippen molar-refractivity contribution < 1.29 is 0 Å². The standard InChI is InChI=1S/C9H12BrN3/c1-7(11)8(6-10)13-9-4-2-3-5-12-9/h2-5H,6,11H2,1H3,(H,12,13)/b8-7-. The summed E-state index contributed by atoms with van der Waals surface area (Å²) in [5.74, 6) is 0.807.